The highest BCUT2D eigenvalue weighted by atomic mass is 19.3. The Labute approximate surface area is 181 Å². The van der Waals surface area contributed by atoms with E-state index < -0.39 is 24.4 Å². The summed E-state index contributed by atoms with van der Waals surface area (Å²) in [6.07, 6.45) is 1.33. The number of piperidine rings is 1. The lowest BCUT2D eigenvalue weighted by atomic mass is 9.95. The number of hydrogen-bond acceptors (Lipinski definition) is 5. The second-order valence-corrected chi connectivity index (χ2v) is 7.97. The molecule has 1 aliphatic heterocycles. The first-order valence-corrected chi connectivity index (χ1v) is 10.4. The van der Waals surface area contributed by atoms with E-state index in [9.17, 15) is 23.2 Å². The van der Waals surface area contributed by atoms with Gasteiger partial charge in [0.25, 0.3) is 5.91 Å². The normalized spacial score (nSPS) is 16.4. The number of rotatable bonds is 9. The van der Waals surface area contributed by atoms with Crippen molar-refractivity contribution in [1.82, 2.24) is 9.80 Å². The number of hydrogen-bond donors (Lipinski definition) is 0. The van der Waals surface area contributed by atoms with Crippen LogP contribution in [0.1, 0.15) is 43.5 Å². The number of carbonyl (C=O) groups is 3. The fourth-order valence-corrected chi connectivity index (χ4v) is 3.69. The van der Waals surface area contributed by atoms with Crippen molar-refractivity contribution in [2.24, 2.45) is 11.8 Å². The molecule has 2 amide bonds. The van der Waals surface area contributed by atoms with Gasteiger partial charge in [-0.05, 0) is 30.9 Å². The van der Waals surface area contributed by atoms with Gasteiger partial charge in [0.2, 0.25) is 5.91 Å². The molecule has 2 rings (SSSR count). The van der Waals surface area contributed by atoms with Crippen LogP contribution >= 0.6 is 0 Å². The van der Waals surface area contributed by atoms with E-state index in [2.05, 4.69) is 9.47 Å². The Hall–Kier alpha value is -2.71. The third kappa shape index (κ3) is 7.18. The smallest absolute Gasteiger partial charge is 0.387 e. The van der Waals surface area contributed by atoms with Crippen molar-refractivity contribution in [2.75, 3.05) is 33.3 Å². The van der Waals surface area contributed by atoms with Gasteiger partial charge >= 0.3 is 12.6 Å². The topological polar surface area (TPSA) is 76.2 Å². The standard InChI is InChI=1S/C22H30F2N2O5/c1-15(2)13-26(12-10-19(27)30-3)20(28)16-7-6-11-25(14-16)21(29)17-8-4-5-9-18(17)31-22(23)24/h4-5,8-9,15-16,22H,6-7,10-14H2,1-3H3. The molecule has 1 heterocycles. The van der Waals surface area contributed by atoms with E-state index in [0.717, 1.165) is 0 Å². The number of esters is 1. The van der Waals surface area contributed by atoms with Crippen molar-refractivity contribution in [1.29, 1.82) is 0 Å². The van der Waals surface area contributed by atoms with Gasteiger partial charge in [0.15, 0.2) is 0 Å². The first-order valence-electron chi connectivity index (χ1n) is 10.4. The van der Waals surface area contributed by atoms with E-state index in [1.54, 1.807) is 11.0 Å². The van der Waals surface area contributed by atoms with Gasteiger partial charge in [-0.3, -0.25) is 14.4 Å². The van der Waals surface area contributed by atoms with Gasteiger partial charge in [0, 0.05) is 26.2 Å². The summed E-state index contributed by atoms with van der Waals surface area (Å²) < 4.78 is 34.5. The first-order chi connectivity index (χ1) is 14.7. The number of alkyl halides is 2. The molecule has 9 heteroatoms. The van der Waals surface area contributed by atoms with Gasteiger partial charge in [0.1, 0.15) is 5.75 Å². The maximum atomic E-state index is 13.2. The molecule has 7 nitrogen and oxygen atoms in total. The molecule has 0 radical (unpaired) electrons. The average Bonchev–Trinajstić information content (AvgIpc) is 2.75. The van der Waals surface area contributed by atoms with Gasteiger partial charge < -0.3 is 19.3 Å². The van der Waals surface area contributed by atoms with Crippen molar-refractivity contribution in [3.8, 4) is 5.75 Å². The summed E-state index contributed by atoms with van der Waals surface area (Å²) in [6.45, 7) is 2.28. The van der Waals surface area contributed by atoms with Crippen molar-refractivity contribution in [3.63, 3.8) is 0 Å². The molecule has 1 aromatic rings. The number of amides is 2. The molecule has 1 aromatic carbocycles. The molecular formula is C22H30F2N2O5. The summed E-state index contributed by atoms with van der Waals surface area (Å²) in [5, 5.41) is 0. The maximum Gasteiger partial charge on any atom is 0.387 e. The SMILES string of the molecule is COC(=O)CCN(CC(C)C)C(=O)C1CCCN(C(=O)c2ccccc2OC(F)F)C1. The fraction of sp³-hybridized carbons (Fsp3) is 0.591. The molecule has 0 aromatic heterocycles. The van der Waals surface area contributed by atoms with Gasteiger partial charge in [-0.25, -0.2) is 0 Å². The number of benzene rings is 1. The molecule has 1 fully saturated rings. The van der Waals surface area contributed by atoms with E-state index in [1.165, 1.54) is 30.2 Å². The molecule has 172 valence electrons. The van der Waals surface area contributed by atoms with Crippen molar-refractivity contribution in [2.45, 2.75) is 39.7 Å². The summed E-state index contributed by atoms with van der Waals surface area (Å²) in [7, 11) is 1.30. The number of methoxy groups -OCH3 is 1. The van der Waals surface area contributed by atoms with E-state index in [-0.39, 0.29) is 42.6 Å². The Balaban J connectivity index is 2.11. The molecule has 1 saturated heterocycles. The van der Waals surface area contributed by atoms with E-state index in [1.807, 2.05) is 13.8 Å². The van der Waals surface area contributed by atoms with Gasteiger partial charge in [-0.15, -0.1) is 0 Å². The quantitative estimate of drug-likeness (QED) is 0.552. The van der Waals surface area contributed by atoms with Crippen LogP contribution in [-0.4, -0.2) is 67.5 Å². The molecule has 0 spiro atoms. The number of nitrogens with zero attached hydrogens (tertiary/aromatic N) is 2. The van der Waals surface area contributed by atoms with Crippen LogP contribution < -0.4 is 4.74 Å². The molecule has 1 atom stereocenters. The van der Waals surface area contributed by atoms with Crippen LogP contribution in [0.25, 0.3) is 0 Å². The molecule has 31 heavy (non-hydrogen) atoms. The first kappa shape index (κ1) is 24.6. The molecule has 1 aliphatic rings. The molecule has 0 aliphatic carbocycles. The van der Waals surface area contributed by atoms with Crippen LogP contribution in [0.5, 0.6) is 5.75 Å². The van der Waals surface area contributed by atoms with Crippen LogP contribution in [0.4, 0.5) is 8.78 Å². The lowest BCUT2D eigenvalue weighted by Gasteiger charge is -2.35. The number of halogens is 2. The van der Waals surface area contributed by atoms with E-state index in [0.29, 0.717) is 25.9 Å². The van der Waals surface area contributed by atoms with Gasteiger partial charge in [-0.1, -0.05) is 26.0 Å². The largest absolute Gasteiger partial charge is 0.469 e. The van der Waals surface area contributed by atoms with Crippen LogP contribution in [0.15, 0.2) is 24.3 Å². The monoisotopic (exact) mass is 440 g/mol. The average molecular weight is 440 g/mol. The minimum Gasteiger partial charge on any atom is -0.469 e. The molecule has 1 unspecified atom stereocenters. The Kier molecular flexibility index (Phi) is 9.21. The van der Waals surface area contributed by atoms with Crippen LogP contribution in [-0.2, 0) is 14.3 Å². The Morgan fingerprint density at radius 3 is 2.58 bits per heavy atom. The fourth-order valence-electron chi connectivity index (χ4n) is 3.69. The maximum absolute atomic E-state index is 13.2. The lowest BCUT2D eigenvalue weighted by Crippen LogP contribution is -2.48. The van der Waals surface area contributed by atoms with Crippen molar-refractivity contribution < 1.29 is 32.6 Å². The molecule has 0 bridgehead atoms. The second kappa shape index (κ2) is 11.6. The Morgan fingerprint density at radius 2 is 1.94 bits per heavy atom. The third-order valence-electron chi connectivity index (χ3n) is 5.10. The minimum absolute atomic E-state index is 0.0422. The summed E-state index contributed by atoms with van der Waals surface area (Å²) in [5.41, 5.74) is 0.0422. The highest BCUT2D eigenvalue weighted by Gasteiger charge is 2.33. The number of likely N-dealkylation sites (tertiary alicyclic amines) is 1. The second-order valence-electron chi connectivity index (χ2n) is 7.97. The van der Waals surface area contributed by atoms with E-state index >= 15 is 0 Å². The zero-order chi connectivity index (χ0) is 23.0. The third-order valence-corrected chi connectivity index (χ3v) is 5.10. The van der Waals surface area contributed by atoms with E-state index in [4.69, 9.17) is 0 Å². The molecule has 0 saturated carbocycles. The Morgan fingerprint density at radius 1 is 1.23 bits per heavy atom. The van der Waals surface area contributed by atoms with Crippen molar-refractivity contribution >= 4 is 17.8 Å². The summed E-state index contributed by atoms with van der Waals surface area (Å²) in [6, 6.07) is 5.85. The zero-order valence-electron chi connectivity index (χ0n) is 18.2. The van der Waals surface area contributed by atoms with Crippen LogP contribution in [0.3, 0.4) is 0 Å². The Bertz CT molecular complexity index is 772. The molecule has 0 N–H and O–H groups in total. The van der Waals surface area contributed by atoms with Crippen molar-refractivity contribution in [3.05, 3.63) is 29.8 Å². The summed E-state index contributed by atoms with van der Waals surface area (Å²) in [4.78, 5) is 40.8. The number of ether oxygens (including phenoxy) is 2. The van der Waals surface area contributed by atoms with Gasteiger partial charge in [-0.2, -0.15) is 8.78 Å². The highest BCUT2D eigenvalue weighted by Crippen LogP contribution is 2.26. The zero-order valence-corrected chi connectivity index (χ0v) is 18.2. The van der Waals surface area contributed by atoms with Gasteiger partial charge in [0.05, 0.1) is 25.0 Å². The minimum atomic E-state index is -3.04. The number of carbonyl (C=O) groups excluding carboxylic acids is 3. The molecular weight excluding hydrogens is 410 g/mol. The predicted molar refractivity (Wildman–Crippen MR) is 110 cm³/mol. The number of para-hydroxylation sites is 1. The predicted octanol–water partition coefficient (Wildman–Crippen LogP) is 3.19. The highest BCUT2D eigenvalue weighted by molar-refractivity contribution is 5.97. The van der Waals surface area contributed by atoms with Crippen LogP contribution in [0.2, 0.25) is 0 Å². The lowest BCUT2D eigenvalue weighted by molar-refractivity contribution is -0.143. The summed E-state index contributed by atoms with van der Waals surface area (Å²) >= 11 is 0. The van der Waals surface area contributed by atoms with Crippen LogP contribution in [0, 0.1) is 11.8 Å². The summed E-state index contributed by atoms with van der Waals surface area (Å²) in [5.74, 6) is -1.35.